The smallest absolute Gasteiger partial charge is 0.422 e. The predicted molar refractivity (Wildman–Crippen MR) is 78.3 cm³/mol. The number of amides is 2. The molecule has 9 heteroatoms. The van der Waals surface area contributed by atoms with E-state index in [4.69, 9.17) is 0 Å². The quantitative estimate of drug-likeness (QED) is 0.776. The van der Waals surface area contributed by atoms with E-state index in [2.05, 4.69) is 31.3 Å². The highest BCUT2D eigenvalue weighted by Gasteiger charge is 2.35. The number of hydrogen-bond donors (Lipinski definition) is 2. The molecule has 0 unspecified atom stereocenters. The molecule has 0 radical (unpaired) electrons. The maximum Gasteiger partial charge on any atom is 0.422 e. The van der Waals surface area contributed by atoms with Gasteiger partial charge in [0, 0.05) is 10.2 Å². The summed E-state index contributed by atoms with van der Waals surface area (Å²) in [4.78, 5) is 23.6. The lowest BCUT2D eigenvalue weighted by Gasteiger charge is -2.28. The van der Waals surface area contributed by atoms with E-state index in [1.807, 2.05) is 0 Å². The molecule has 0 spiro atoms. The molecule has 2 amide bonds. The van der Waals surface area contributed by atoms with Crippen LogP contribution in [0.15, 0.2) is 40.0 Å². The fraction of sp³-hybridized carbons (Fsp3) is 0.286. The second kappa shape index (κ2) is 6.61. The minimum absolute atomic E-state index is 0.0730. The summed E-state index contributed by atoms with van der Waals surface area (Å²) in [5, 5.41) is 4.86. The average Bonchev–Trinajstić information content (AvgIpc) is 2.44. The summed E-state index contributed by atoms with van der Waals surface area (Å²) in [6, 6.07) is 5.23. The van der Waals surface area contributed by atoms with Crippen molar-refractivity contribution in [1.29, 1.82) is 0 Å². The summed E-state index contributed by atoms with van der Waals surface area (Å²) in [6.07, 6.45) is -4.62. The third-order valence-electron chi connectivity index (χ3n) is 3.06. The molecule has 0 aromatic heterocycles. The summed E-state index contributed by atoms with van der Waals surface area (Å²) >= 11 is 3.26. The van der Waals surface area contributed by atoms with Gasteiger partial charge in [-0.3, -0.25) is 0 Å². The normalized spacial score (nSPS) is 18.3. The molecule has 0 bridgehead atoms. The zero-order valence-electron chi connectivity index (χ0n) is 11.8. The van der Waals surface area contributed by atoms with Gasteiger partial charge in [-0.15, -0.1) is 0 Å². The zero-order chi connectivity index (χ0) is 17.2. The van der Waals surface area contributed by atoms with Gasteiger partial charge < -0.3 is 15.4 Å². The SMILES string of the molecule is CC1=C(C(=O)OCC(F)(F)F)[C@@H](c2ccc(Br)cc2)NC(=O)N1. The molecule has 124 valence electrons. The number of carbonyl (C=O) groups excluding carboxylic acids is 2. The minimum Gasteiger partial charge on any atom is -0.453 e. The van der Waals surface area contributed by atoms with Gasteiger partial charge in [0.1, 0.15) is 0 Å². The number of carbonyl (C=O) groups is 2. The average molecular weight is 393 g/mol. The summed E-state index contributed by atoms with van der Waals surface area (Å²) in [6.45, 7) is -0.265. The van der Waals surface area contributed by atoms with Gasteiger partial charge in [0.05, 0.1) is 11.6 Å². The van der Waals surface area contributed by atoms with Gasteiger partial charge in [0.25, 0.3) is 0 Å². The van der Waals surface area contributed by atoms with E-state index >= 15 is 0 Å². The molecule has 1 atom stereocenters. The van der Waals surface area contributed by atoms with Crippen molar-refractivity contribution >= 4 is 27.9 Å². The Morgan fingerprint density at radius 2 is 1.91 bits per heavy atom. The monoisotopic (exact) mass is 392 g/mol. The highest BCUT2D eigenvalue weighted by atomic mass is 79.9. The first-order chi connectivity index (χ1) is 10.7. The lowest BCUT2D eigenvalue weighted by Crippen LogP contribution is -2.45. The molecule has 2 rings (SSSR count). The van der Waals surface area contributed by atoms with Gasteiger partial charge >= 0.3 is 18.2 Å². The van der Waals surface area contributed by atoms with Crippen molar-refractivity contribution in [2.75, 3.05) is 6.61 Å². The summed E-state index contributed by atoms with van der Waals surface area (Å²) in [5.74, 6) is -1.14. The molecule has 1 aromatic rings. The second-order valence-corrected chi connectivity index (χ2v) is 5.73. The van der Waals surface area contributed by atoms with Crippen molar-refractivity contribution in [3.8, 4) is 0 Å². The molecule has 0 saturated heterocycles. The van der Waals surface area contributed by atoms with Crippen LogP contribution in [0.2, 0.25) is 0 Å². The molecule has 1 aliphatic rings. The minimum atomic E-state index is -4.62. The molecule has 0 aliphatic carbocycles. The molecule has 2 N–H and O–H groups in total. The van der Waals surface area contributed by atoms with Crippen LogP contribution >= 0.6 is 15.9 Å². The third-order valence-corrected chi connectivity index (χ3v) is 3.59. The standard InChI is InChI=1S/C14H12BrF3N2O3/c1-7-10(12(21)23-6-14(16,17)18)11(20-13(22)19-7)8-2-4-9(15)5-3-8/h2-5,11H,6H2,1H3,(H2,19,20,22)/t11-/m1/s1. The number of allylic oxidation sites excluding steroid dienone is 1. The van der Waals surface area contributed by atoms with Crippen molar-refractivity contribution in [3.05, 3.63) is 45.6 Å². The first-order valence-electron chi connectivity index (χ1n) is 6.45. The second-order valence-electron chi connectivity index (χ2n) is 4.81. The van der Waals surface area contributed by atoms with Crippen molar-refractivity contribution < 1.29 is 27.5 Å². The van der Waals surface area contributed by atoms with Crippen molar-refractivity contribution in [3.63, 3.8) is 0 Å². The van der Waals surface area contributed by atoms with E-state index in [0.717, 1.165) is 4.47 Å². The summed E-state index contributed by atoms with van der Waals surface area (Å²) < 4.78 is 41.8. The first kappa shape index (κ1) is 17.3. The van der Waals surface area contributed by atoms with Crippen LogP contribution < -0.4 is 10.6 Å². The molecular weight excluding hydrogens is 381 g/mol. The van der Waals surface area contributed by atoms with Crippen LogP contribution in [0.3, 0.4) is 0 Å². The molecule has 1 aromatic carbocycles. The maximum absolute atomic E-state index is 12.2. The fourth-order valence-electron chi connectivity index (χ4n) is 2.09. The van der Waals surface area contributed by atoms with Crippen LogP contribution in [0.5, 0.6) is 0 Å². The number of hydrogen-bond acceptors (Lipinski definition) is 3. The highest BCUT2D eigenvalue weighted by Crippen LogP contribution is 2.29. The van der Waals surface area contributed by atoms with Crippen LogP contribution in [0.25, 0.3) is 0 Å². The number of ether oxygens (including phenoxy) is 1. The molecule has 0 fully saturated rings. The number of rotatable bonds is 3. The van der Waals surface area contributed by atoms with Gasteiger partial charge in [0.2, 0.25) is 0 Å². The number of alkyl halides is 3. The molecular formula is C14H12BrF3N2O3. The Morgan fingerprint density at radius 3 is 2.48 bits per heavy atom. The van der Waals surface area contributed by atoms with E-state index in [-0.39, 0.29) is 11.3 Å². The van der Waals surface area contributed by atoms with E-state index in [1.165, 1.54) is 6.92 Å². The van der Waals surface area contributed by atoms with Gasteiger partial charge in [-0.25, -0.2) is 9.59 Å². The van der Waals surface area contributed by atoms with Gasteiger partial charge in [0.15, 0.2) is 6.61 Å². The van der Waals surface area contributed by atoms with Crippen LogP contribution in [0, 0.1) is 0 Å². The highest BCUT2D eigenvalue weighted by molar-refractivity contribution is 9.10. The molecule has 1 aliphatic heterocycles. The topological polar surface area (TPSA) is 67.4 Å². The largest absolute Gasteiger partial charge is 0.453 e. The number of urea groups is 1. The van der Waals surface area contributed by atoms with E-state index < -0.39 is 30.8 Å². The number of nitrogens with one attached hydrogen (secondary N) is 2. The Hall–Kier alpha value is -2.03. The molecule has 5 nitrogen and oxygen atoms in total. The molecule has 1 heterocycles. The fourth-order valence-corrected chi connectivity index (χ4v) is 2.36. The van der Waals surface area contributed by atoms with E-state index in [0.29, 0.717) is 5.56 Å². The Kier molecular flexibility index (Phi) is 4.98. The van der Waals surface area contributed by atoms with E-state index in [9.17, 15) is 22.8 Å². The molecule has 23 heavy (non-hydrogen) atoms. The summed E-state index contributed by atoms with van der Waals surface area (Å²) in [5.41, 5.74) is 0.617. The lowest BCUT2D eigenvalue weighted by molar-refractivity contribution is -0.183. The number of benzene rings is 1. The zero-order valence-corrected chi connectivity index (χ0v) is 13.4. The Morgan fingerprint density at radius 1 is 1.30 bits per heavy atom. The van der Waals surface area contributed by atoms with Crippen molar-refractivity contribution in [2.24, 2.45) is 0 Å². The lowest BCUT2D eigenvalue weighted by atomic mass is 9.96. The van der Waals surface area contributed by atoms with Crippen molar-refractivity contribution in [2.45, 2.75) is 19.1 Å². The van der Waals surface area contributed by atoms with Crippen LogP contribution in [0.1, 0.15) is 18.5 Å². The number of esters is 1. The first-order valence-corrected chi connectivity index (χ1v) is 7.24. The van der Waals surface area contributed by atoms with E-state index in [1.54, 1.807) is 24.3 Å². The third kappa shape index (κ3) is 4.47. The summed E-state index contributed by atoms with van der Waals surface area (Å²) in [7, 11) is 0. The molecule has 0 saturated carbocycles. The predicted octanol–water partition coefficient (Wildman–Crippen LogP) is 3.18. The Balaban J connectivity index is 2.31. The Bertz CT molecular complexity index is 656. The van der Waals surface area contributed by atoms with Gasteiger partial charge in [-0.2, -0.15) is 13.2 Å². The van der Waals surface area contributed by atoms with Crippen LogP contribution in [-0.2, 0) is 9.53 Å². The van der Waals surface area contributed by atoms with Gasteiger partial charge in [-0.05, 0) is 24.6 Å². The Labute approximate surface area is 138 Å². The van der Waals surface area contributed by atoms with Crippen LogP contribution in [0.4, 0.5) is 18.0 Å². The van der Waals surface area contributed by atoms with Crippen LogP contribution in [-0.4, -0.2) is 24.8 Å². The van der Waals surface area contributed by atoms with Crippen molar-refractivity contribution in [1.82, 2.24) is 10.6 Å². The number of halogens is 4. The van der Waals surface area contributed by atoms with Gasteiger partial charge in [-0.1, -0.05) is 28.1 Å². The maximum atomic E-state index is 12.2.